The molecule has 9 heteroatoms. The van der Waals surface area contributed by atoms with Crippen molar-refractivity contribution in [3.8, 4) is 0 Å². The van der Waals surface area contributed by atoms with Crippen LogP contribution in [0, 0.1) is 37.5 Å². The number of ether oxygens (including phenoxy) is 1. The molecule has 0 bridgehead atoms. The Balaban J connectivity index is 2.10. The fourth-order valence-electron chi connectivity index (χ4n) is 3.48. The highest BCUT2D eigenvalue weighted by molar-refractivity contribution is 8.14. The predicted molar refractivity (Wildman–Crippen MR) is 135 cm³/mol. The van der Waals surface area contributed by atoms with Gasteiger partial charge in [-0.2, -0.15) is 0 Å². The first kappa shape index (κ1) is 28.8. The van der Waals surface area contributed by atoms with E-state index in [1.165, 1.54) is 6.08 Å². The van der Waals surface area contributed by atoms with Crippen LogP contribution >= 0.6 is 11.8 Å². The van der Waals surface area contributed by atoms with Gasteiger partial charge in [-0.3, -0.25) is 19.3 Å². The number of hydrogen-bond acceptors (Lipinski definition) is 7. The Bertz CT molecular complexity index is 787. The summed E-state index contributed by atoms with van der Waals surface area (Å²) in [6.45, 7) is 15.6. The van der Waals surface area contributed by atoms with Gasteiger partial charge in [-0.05, 0) is 69.5 Å². The molecule has 187 valence electrons. The van der Waals surface area contributed by atoms with E-state index in [2.05, 4.69) is 40.4 Å². The number of esters is 1. The van der Waals surface area contributed by atoms with Gasteiger partial charge < -0.3 is 9.16 Å². The van der Waals surface area contributed by atoms with Crippen molar-refractivity contribution in [1.29, 1.82) is 0 Å². The maximum absolute atomic E-state index is 13.0. The van der Waals surface area contributed by atoms with Crippen LogP contribution in [0.15, 0.2) is 12.7 Å². The zero-order valence-electron chi connectivity index (χ0n) is 21.0. The average molecular weight is 507 g/mol. The molecule has 0 aromatic carbocycles. The van der Waals surface area contributed by atoms with Gasteiger partial charge in [0.25, 0.3) is 0 Å². The number of rotatable bonds is 10. The van der Waals surface area contributed by atoms with Crippen molar-refractivity contribution in [2.24, 2.45) is 5.92 Å². The van der Waals surface area contributed by atoms with Crippen molar-refractivity contribution in [2.75, 3.05) is 6.61 Å². The highest BCUT2D eigenvalue weighted by Crippen LogP contribution is 2.43. The van der Waals surface area contributed by atoms with E-state index < -0.39 is 43.5 Å². The molecule has 2 aliphatic rings. The van der Waals surface area contributed by atoms with Gasteiger partial charge in [-0.15, -0.1) is 0 Å². The molecule has 0 spiro atoms. The molecule has 2 fully saturated rings. The van der Waals surface area contributed by atoms with Crippen LogP contribution in [0.1, 0.15) is 47.0 Å². The zero-order chi connectivity index (χ0) is 25.7. The van der Waals surface area contributed by atoms with Crippen molar-refractivity contribution in [2.45, 2.75) is 76.6 Å². The van der Waals surface area contributed by atoms with E-state index in [1.54, 1.807) is 6.92 Å². The summed E-state index contributed by atoms with van der Waals surface area (Å²) in [6.07, 6.45) is 10.5. The molecule has 0 N–H and O–H groups in total. The number of likely N-dealkylation sites (tertiary alicyclic amines) is 1. The maximum atomic E-state index is 13.0. The Hall–Kier alpha value is -1.45. The van der Waals surface area contributed by atoms with Crippen LogP contribution in [-0.2, 0) is 28.3 Å². The van der Waals surface area contributed by atoms with Crippen molar-refractivity contribution in [3.05, 3.63) is 44.3 Å². The molecule has 0 aromatic heterocycles. The summed E-state index contributed by atoms with van der Waals surface area (Å²) in [5.74, 6) is -2.26. The van der Waals surface area contributed by atoms with E-state index in [4.69, 9.17) is 9.16 Å². The highest BCUT2D eigenvalue weighted by Gasteiger charge is 2.57. The molecule has 1 saturated carbocycles. The second-order valence-electron chi connectivity index (χ2n) is 10.0. The van der Waals surface area contributed by atoms with Crippen molar-refractivity contribution in [3.63, 3.8) is 0 Å². The van der Waals surface area contributed by atoms with Gasteiger partial charge >= 0.3 is 11.9 Å². The Morgan fingerprint density at radius 2 is 1.85 bits per heavy atom. The first-order chi connectivity index (χ1) is 15.8. The van der Waals surface area contributed by atoms with Gasteiger partial charge in [0.05, 0.1) is 12.0 Å². The molecule has 0 aromatic rings. The SMILES string of the molecule is C=CCOC(=O)C(=O)N1C(=O)[C@H]([C@@H](C)O[Si](C)(C)C(C)(C)C)[C@H]1SC(=O)CCC[C]1[CH][CH][CH][CH]1. The Kier molecular flexibility index (Phi) is 10.2. The first-order valence-corrected chi connectivity index (χ1v) is 15.3. The minimum Gasteiger partial charge on any atom is -0.454 e. The van der Waals surface area contributed by atoms with Crippen LogP contribution in [0.4, 0.5) is 0 Å². The molecular formula is C25H36NO6SSi. The van der Waals surface area contributed by atoms with Gasteiger partial charge in [-0.1, -0.05) is 45.2 Å². The lowest BCUT2D eigenvalue weighted by Gasteiger charge is -2.49. The van der Waals surface area contributed by atoms with Crippen molar-refractivity contribution < 1.29 is 28.3 Å². The molecule has 1 saturated heterocycles. The van der Waals surface area contributed by atoms with E-state index in [9.17, 15) is 19.2 Å². The topological polar surface area (TPSA) is 90.0 Å². The van der Waals surface area contributed by atoms with Gasteiger partial charge in [0, 0.05) is 6.42 Å². The molecule has 5 radical (unpaired) electrons. The lowest BCUT2D eigenvalue weighted by molar-refractivity contribution is -0.174. The van der Waals surface area contributed by atoms with Crippen molar-refractivity contribution in [1.82, 2.24) is 4.90 Å². The zero-order valence-corrected chi connectivity index (χ0v) is 22.8. The van der Waals surface area contributed by atoms with Crippen LogP contribution in [0.25, 0.3) is 0 Å². The summed E-state index contributed by atoms with van der Waals surface area (Å²) < 4.78 is 11.2. The van der Waals surface area contributed by atoms with E-state index in [1.807, 2.05) is 25.7 Å². The third kappa shape index (κ3) is 7.04. The van der Waals surface area contributed by atoms with Crippen LogP contribution in [0.5, 0.6) is 0 Å². The molecule has 7 nitrogen and oxygen atoms in total. The minimum absolute atomic E-state index is 0.0721. The molecule has 3 atom stereocenters. The first-order valence-electron chi connectivity index (χ1n) is 11.5. The van der Waals surface area contributed by atoms with Crippen LogP contribution in [0.3, 0.4) is 0 Å². The van der Waals surface area contributed by atoms with Crippen LogP contribution in [-0.4, -0.2) is 54.2 Å². The number of imide groups is 1. The van der Waals surface area contributed by atoms with Crippen LogP contribution in [0.2, 0.25) is 18.1 Å². The second kappa shape index (κ2) is 12.0. The molecule has 2 rings (SSSR count). The fraction of sp³-hybridized carbons (Fsp3) is 0.560. The van der Waals surface area contributed by atoms with Crippen LogP contribution < -0.4 is 0 Å². The van der Waals surface area contributed by atoms with Gasteiger partial charge in [0.2, 0.25) is 5.91 Å². The quantitative estimate of drug-likeness (QED) is 0.144. The Morgan fingerprint density at radius 1 is 1.24 bits per heavy atom. The molecule has 34 heavy (non-hydrogen) atoms. The third-order valence-electron chi connectivity index (χ3n) is 6.43. The molecule has 2 amide bonds. The molecular weight excluding hydrogens is 470 g/mol. The third-order valence-corrected chi connectivity index (χ3v) is 12.2. The minimum atomic E-state index is -2.21. The summed E-state index contributed by atoms with van der Waals surface area (Å²) in [4.78, 5) is 51.4. The summed E-state index contributed by atoms with van der Waals surface area (Å²) in [5, 5.41) is -1.01. The number of nitrogens with zero attached hydrogens (tertiary/aromatic N) is 1. The number of carbonyl (C=O) groups is 4. The van der Waals surface area contributed by atoms with Gasteiger partial charge in [0.1, 0.15) is 12.0 Å². The second-order valence-corrected chi connectivity index (χ2v) is 16.0. The van der Waals surface area contributed by atoms with Gasteiger partial charge in [0.15, 0.2) is 13.4 Å². The summed E-state index contributed by atoms with van der Waals surface area (Å²) in [5.41, 5.74) is 0. The van der Waals surface area contributed by atoms with Crippen molar-refractivity contribution >= 4 is 43.0 Å². The predicted octanol–water partition coefficient (Wildman–Crippen LogP) is 4.27. The largest absolute Gasteiger partial charge is 0.454 e. The molecule has 1 heterocycles. The maximum Gasteiger partial charge on any atom is 0.397 e. The number of thioether (sulfide) groups is 1. The smallest absolute Gasteiger partial charge is 0.397 e. The number of carbonyl (C=O) groups excluding carboxylic acids is 4. The number of β-lactam (4-membered cyclic amide) rings is 1. The average Bonchev–Trinajstić information content (AvgIpc) is 3.23. The molecule has 1 aliphatic heterocycles. The fourth-order valence-corrected chi connectivity index (χ4v) is 6.23. The lowest BCUT2D eigenvalue weighted by Crippen LogP contribution is -2.67. The molecule has 1 aliphatic carbocycles. The van der Waals surface area contributed by atoms with E-state index in [0.717, 1.165) is 29.0 Å². The monoisotopic (exact) mass is 506 g/mol. The standard InChI is InChI=1S/C25H36NO6SSi/c1-8-16-31-24(30)22(29)26-21(28)20(17(2)32-34(6,7)25(3,4)5)23(26)33-19(27)15-11-14-18-12-9-10-13-18/h8-10,12-13,17,20,23H,1,11,14-16H2,2-7H3/t17-,20+,23-/m1/s1. The van der Waals surface area contributed by atoms with E-state index >= 15 is 0 Å². The summed E-state index contributed by atoms with van der Waals surface area (Å²) in [6, 6.07) is 0. The number of amides is 2. The molecule has 0 unspecified atom stereocenters. The summed E-state index contributed by atoms with van der Waals surface area (Å²) >= 11 is 0.928. The summed E-state index contributed by atoms with van der Waals surface area (Å²) in [7, 11) is -2.21. The van der Waals surface area contributed by atoms with E-state index in [-0.39, 0.29) is 16.8 Å². The Morgan fingerprint density at radius 3 is 2.41 bits per heavy atom. The van der Waals surface area contributed by atoms with E-state index in [0.29, 0.717) is 12.8 Å². The number of hydrogen-bond donors (Lipinski definition) is 0. The highest BCUT2D eigenvalue weighted by atomic mass is 32.2. The normalized spacial score (nSPS) is 22.3. The lowest BCUT2D eigenvalue weighted by atomic mass is 9.92. The Labute approximate surface area is 209 Å². The van der Waals surface area contributed by atoms with Gasteiger partial charge in [-0.25, -0.2) is 4.79 Å².